The number of nitrogens with one attached hydrogen (secondary N) is 2. The second-order valence-electron chi connectivity index (χ2n) is 8.44. The van der Waals surface area contributed by atoms with Gasteiger partial charge in [0, 0.05) is 46.4 Å². The number of pyridine rings is 2. The maximum atomic E-state index is 15.0. The molecule has 0 unspecified atom stereocenters. The fourth-order valence-electron chi connectivity index (χ4n) is 3.87. The molecule has 3 heterocycles. The largest absolute Gasteiger partial charge is 0.453 e. The van der Waals surface area contributed by atoms with E-state index in [-0.39, 0.29) is 28.5 Å². The first-order valence-corrected chi connectivity index (χ1v) is 13.0. The minimum atomic E-state index is -0.665. The Hall–Kier alpha value is -4.92. The Morgan fingerprint density at radius 2 is 1.98 bits per heavy atom. The van der Waals surface area contributed by atoms with E-state index >= 15 is 0 Å². The standard InChI is InChI=1S/C29H18F2N4O3S2/c1-2-17-13-19(30)7-6-18(17)14-27(36)34-29(39)33-20-8-9-24(21(31)15-20)38-25-10-11-32-22-16-26(40-28(22)25)23-5-3-4-12-35(23)37/h1,3-13,15-16H,14H2,(H2-,32,33,34,36,37,39)/p+1. The Kier molecular flexibility index (Phi) is 7.63. The number of rotatable bonds is 6. The molecule has 5 rings (SSSR count). The molecule has 198 valence electrons. The van der Waals surface area contributed by atoms with Gasteiger partial charge in [0.05, 0.1) is 16.6 Å². The molecule has 0 saturated carbocycles. The number of hydrogen-bond donors (Lipinski definition) is 3. The monoisotopic (exact) mass is 573 g/mol. The number of ether oxygens (including phenoxy) is 1. The van der Waals surface area contributed by atoms with E-state index in [9.17, 15) is 18.8 Å². The third-order valence-corrected chi connectivity index (χ3v) is 7.07. The topological polar surface area (TPSA) is 87.4 Å². The highest BCUT2D eigenvalue weighted by molar-refractivity contribution is 7.80. The zero-order valence-electron chi connectivity index (χ0n) is 20.5. The van der Waals surface area contributed by atoms with E-state index in [1.54, 1.807) is 36.5 Å². The summed E-state index contributed by atoms with van der Waals surface area (Å²) < 4.78 is 35.9. The van der Waals surface area contributed by atoms with E-state index in [0.29, 0.717) is 27.2 Å². The fourth-order valence-corrected chi connectivity index (χ4v) is 5.19. The lowest BCUT2D eigenvalue weighted by Gasteiger charge is -2.12. The third kappa shape index (κ3) is 5.88. The number of hydrogen-bond acceptors (Lipinski definition) is 6. The van der Waals surface area contributed by atoms with Crippen LogP contribution in [0.1, 0.15) is 11.1 Å². The minimum absolute atomic E-state index is 0.0296. The van der Waals surface area contributed by atoms with Gasteiger partial charge in [0.2, 0.25) is 12.1 Å². The predicted octanol–water partition coefficient (Wildman–Crippen LogP) is 5.60. The van der Waals surface area contributed by atoms with Crippen molar-refractivity contribution in [3.8, 4) is 34.4 Å². The van der Waals surface area contributed by atoms with Gasteiger partial charge in [0.1, 0.15) is 16.4 Å². The van der Waals surface area contributed by atoms with Crippen LogP contribution in [-0.4, -0.2) is 21.2 Å². The highest BCUT2D eigenvalue weighted by atomic mass is 32.1. The molecule has 5 aromatic rings. The number of anilines is 1. The summed E-state index contributed by atoms with van der Waals surface area (Å²) in [6.45, 7) is 0. The first-order valence-electron chi connectivity index (χ1n) is 11.7. The van der Waals surface area contributed by atoms with Crippen molar-refractivity contribution in [2.24, 2.45) is 0 Å². The molecular formula is C29H19F2N4O3S2+. The molecule has 7 nitrogen and oxygen atoms in total. The van der Waals surface area contributed by atoms with Gasteiger partial charge in [-0.15, -0.1) is 17.8 Å². The first-order chi connectivity index (χ1) is 19.3. The van der Waals surface area contributed by atoms with E-state index in [2.05, 4.69) is 21.5 Å². The molecule has 0 aliphatic rings. The van der Waals surface area contributed by atoms with Crippen molar-refractivity contribution in [1.29, 1.82) is 0 Å². The molecule has 3 aromatic heterocycles. The third-order valence-electron chi connectivity index (χ3n) is 5.71. The predicted molar refractivity (Wildman–Crippen MR) is 151 cm³/mol. The van der Waals surface area contributed by atoms with Crippen LogP contribution in [0, 0.1) is 24.0 Å². The normalized spacial score (nSPS) is 10.6. The van der Waals surface area contributed by atoms with E-state index in [1.165, 1.54) is 47.9 Å². The van der Waals surface area contributed by atoms with Gasteiger partial charge in [0.25, 0.3) is 5.69 Å². The molecule has 0 fully saturated rings. The summed E-state index contributed by atoms with van der Waals surface area (Å²) in [5.41, 5.74) is 2.25. The average Bonchev–Trinajstić information content (AvgIpc) is 3.36. The van der Waals surface area contributed by atoms with Crippen molar-refractivity contribution in [3.05, 3.63) is 102 Å². The molecule has 0 saturated heterocycles. The second-order valence-corrected chi connectivity index (χ2v) is 9.90. The number of amides is 1. The van der Waals surface area contributed by atoms with Crippen LogP contribution in [-0.2, 0) is 11.2 Å². The number of carbonyl (C=O) groups is 1. The van der Waals surface area contributed by atoms with Gasteiger partial charge >= 0.3 is 0 Å². The van der Waals surface area contributed by atoms with Crippen molar-refractivity contribution >= 4 is 50.5 Å². The molecule has 11 heteroatoms. The number of benzene rings is 2. The van der Waals surface area contributed by atoms with Crippen molar-refractivity contribution in [3.63, 3.8) is 0 Å². The Labute approximate surface area is 236 Å². The van der Waals surface area contributed by atoms with Gasteiger partial charge in [-0.1, -0.05) is 12.0 Å². The maximum absolute atomic E-state index is 15.0. The smallest absolute Gasteiger partial charge is 0.274 e. The van der Waals surface area contributed by atoms with Crippen LogP contribution in [0.25, 0.3) is 20.8 Å². The number of thiophene rings is 1. The summed E-state index contributed by atoms with van der Waals surface area (Å²) in [5.74, 6) is 1.08. The van der Waals surface area contributed by atoms with E-state index in [0.717, 1.165) is 9.61 Å². The first kappa shape index (κ1) is 26.7. The van der Waals surface area contributed by atoms with Crippen LogP contribution >= 0.6 is 23.6 Å². The summed E-state index contributed by atoms with van der Waals surface area (Å²) in [6.07, 6.45) is 8.35. The highest BCUT2D eigenvalue weighted by Gasteiger charge is 2.18. The second kappa shape index (κ2) is 11.4. The molecular weight excluding hydrogens is 554 g/mol. The lowest BCUT2D eigenvalue weighted by molar-refractivity contribution is -0.896. The van der Waals surface area contributed by atoms with Crippen LogP contribution in [0.2, 0.25) is 0 Å². The molecule has 0 aliphatic heterocycles. The van der Waals surface area contributed by atoms with Crippen molar-refractivity contribution < 1.29 is 28.2 Å². The van der Waals surface area contributed by atoms with Crippen molar-refractivity contribution in [2.75, 3.05) is 5.32 Å². The van der Waals surface area contributed by atoms with Gasteiger partial charge in [-0.05, 0) is 54.2 Å². The van der Waals surface area contributed by atoms with Gasteiger partial charge in [0.15, 0.2) is 16.7 Å². The quantitative estimate of drug-likeness (QED) is 0.106. The molecule has 0 atom stereocenters. The lowest BCUT2D eigenvalue weighted by atomic mass is 10.0. The highest BCUT2D eigenvalue weighted by Crippen LogP contribution is 2.39. The number of fused-ring (bicyclic) bond motifs is 1. The number of thiocarbonyl (C=S) groups is 1. The number of halogens is 2. The molecule has 0 aliphatic carbocycles. The van der Waals surface area contributed by atoms with E-state index in [1.807, 2.05) is 6.07 Å². The van der Waals surface area contributed by atoms with Gasteiger partial charge < -0.3 is 15.4 Å². The molecule has 1 amide bonds. The molecule has 0 bridgehead atoms. The molecule has 0 spiro atoms. The molecule has 2 aromatic carbocycles. The van der Waals surface area contributed by atoms with Gasteiger partial charge in [-0.2, -0.15) is 0 Å². The summed E-state index contributed by atoms with van der Waals surface area (Å²) in [5, 5.41) is 15.3. The molecule has 40 heavy (non-hydrogen) atoms. The lowest BCUT2D eigenvalue weighted by Crippen LogP contribution is -2.35. The zero-order valence-corrected chi connectivity index (χ0v) is 22.2. The zero-order chi connectivity index (χ0) is 28.2. The van der Waals surface area contributed by atoms with Crippen LogP contribution in [0.4, 0.5) is 14.5 Å². The summed E-state index contributed by atoms with van der Waals surface area (Å²) in [4.78, 5) is 17.5. The minimum Gasteiger partial charge on any atom is -0.453 e. The van der Waals surface area contributed by atoms with E-state index < -0.39 is 17.5 Å². The Morgan fingerprint density at radius 1 is 1.12 bits per heavy atom. The Balaban J connectivity index is 1.26. The average molecular weight is 574 g/mol. The Morgan fingerprint density at radius 3 is 2.75 bits per heavy atom. The van der Waals surface area contributed by atoms with Crippen LogP contribution in [0.5, 0.6) is 11.5 Å². The number of terminal acetylenes is 1. The number of aromatic nitrogens is 2. The van der Waals surface area contributed by atoms with Gasteiger partial charge in [-0.3, -0.25) is 15.0 Å². The van der Waals surface area contributed by atoms with Crippen LogP contribution in [0.3, 0.4) is 0 Å². The number of carbonyl (C=O) groups excluding carboxylic acids is 1. The fraction of sp³-hybridized carbons (Fsp3) is 0.0345. The molecule has 3 N–H and O–H groups in total. The van der Waals surface area contributed by atoms with Crippen LogP contribution < -0.4 is 20.1 Å². The summed E-state index contributed by atoms with van der Waals surface area (Å²) >= 11 is 6.52. The number of nitrogens with zero attached hydrogens (tertiary/aromatic N) is 2. The molecule has 0 radical (unpaired) electrons. The summed E-state index contributed by atoms with van der Waals surface area (Å²) in [6, 6.07) is 16.7. The maximum Gasteiger partial charge on any atom is 0.274 e. The Bertz CT molecular complexity index is 1820. The van der Waals surface area contributed by atoms with Crippen molar-refractivity contribution in [1.82, 2.24) is 10.3 Å². The van der Waals surface area contributed by atoms with Crippen LogP contribution in [0.15, 0.2) is 79.1 Å². The summed E-state index contributed by atoms with van der Waals surface area (Å²) in [7, 11) is 0. The SMILES string of the molecule is C#Cc1cc(F)ccc1CC(=O)NC(=S)Nc1ccc(Oc2ccnc3cc(-c4cccc[n+]4O)sc23)c(F)c1. The van der Waals surface area contributed by atoms with Gasteiger partial charge in [-0.25, -0.2) is 8.78 Å². The van der Waals surface area contributed by atoms with Crippen molar-refractivity contribution in [2.45, 2.75) is 6.42 Å². The van der Waals surface area contributed by atoms with E-state index in [4.69, 9.17) is 23.4 Å².